The molecule has 3 N–H and O–H groups in total. The summed E-state index contributed by atoms with van der Waals surface area (Å²) in [5.74, 6) is 0. The van der Waals surface area contributed by atoms with Gasteiger partial charge < -0.3 is 20.3 Å². The van der Waals surface area contributed by atoms with Crippen molar-refractivity contribution < 1.29 is 19.3 Å². The van der Waals surface area contributed by atoms with E-state index in [0.29, 0.717) is 11.7 Å². The minimum Gasteiger partial charge on any atom is -0.388 e. The first-order valence-corrected chi connectivity index (χ1v) is 6.22. The highest BCUT2D eigenvalue weighted by molar-refractivity contribution is 8.14. The number of fused-ring (bicyclic) bond motifs is 1. The third-order valence-corrected chi connectivity index (χ3v) is 3.81. The van der Waals surface area contributed by atoms with Gasteiger partial charge in [-0.2, -0.15) is 0 Å². The summed E-state index contributed by atoms with van der Waals surface area (Å²) in [7, 11) is 0. The van der Waals surface area contributed by atoms with Crippen LogP contribution in [0.4, 0.5) is 4.39 Å². The molecule has 96 valence electrons. The maximum atomic E-state index is 12.6. The molecule has 0 bridgehead atoms. The van der Waals surface area contributed by atoms with E-state index in [1.165, 1.54) is 11.8 Å². The minimum atomic E-state index is -1.23. The van der Waals surface area contributed by atoms with Gasteiger partial charge in [0.15, 0.2) is 5.17 Å². The number of hydrogen-bond donors (Lipinski definition) is 3. The van der Waals surface area contributed by atoms with Gasteiger partial charge >= 0.3 is 0 Å². The summed E-state index contributed by atoms with van der Waals surface area (Å²) >= 11 is 1.29. The molecule has 0 aromatic heterocycles. The van der Waals surface area contributed by atoms with Gasteiger partial charge in [0.05, 0.1) is 0 Å². The van der Waals surface area contributed by atoms with Crippen LogP contribution in [0.5, 0.6) is 0 Å². The van der Waals surface area contributed by atoms with Gasteiger partial charge in [0.1, 0.15) is 36.5 Å². The van der Waals surface area contributed by atoms with Crippen LogP contribution in [0.3, 0.4) is 0 Å². The summed E-state index contributed by atoms with van der Waals surface area (Å²) in [5, 5.41) is 23.0. The molecule has 0 amide bonds. The van der Waals surface area contributed by atoms with Crippen molar-refractivity contribution in [2.24, 2.45) is 4.99 Å². The van der Waals surface area contributed by atoms with Gasteiger partial charge in [0.25, 0.3) is 0 Å². The molecule has 5 atom stereocenters. The second-order valence-electron chi connectivity index (χ2n) is 3.89. The topological polar surface area (TPSA) is 74.1 Å². The Morgan fingerprint density at radius 1 is 1.53 bits per heavy atom. The summed E-state index contributed by atoms with van der Waals surface area (Å²) in [6.45, 7) is 3.30. The Bertz CT molecular complexity index is 329. The van der Waals surface area contributed by atoms with Gasteiger partial charge in [-0.1, -0.05) is 17.8 Å². The van der Waals surface area contributed by atoms with E-state index >= 15 is 0 Å². The molecule has 0 aliphatic carbocycles. The Hall–Kier alpha value is -0.630. The van der Waals surface area contributed by atoms with Crippen LogP contribution < -0.4 is 5.32 Å². The van der Waals surface area contributed by atoms with Crippen molar-refractivity contribution in [3.05, 3.63) is 12.7 Å². The third-order valence-electron chi connectivity index (χ3n) is 2.71. The lowest BCUT2D eigenvalue weighted by atomic mass is 9.99. The summed E-state index contributed by atoms with van der Waals surface area (Å²) in [6.07, 6.45) is -1.62. The Kier molecular flexibility index (Phi) is 4.03. The zero-order valence-corrected chi connectivity index (χ0v) is 9.94. The minimum absolute atomic E-state index is 0.443. The van der Waals surface area contributed by atoms with Crippen molar-refractivity contribution in [3.8, 4) is 0 Å². The molecule has 0 aromatic rings. The van der Waals surface area contributed by atoms with Crippen LogP contribution in [-0.2, 0) is 4.74 Å². The van der Waals surface area contributed by atoms with Gasteiger partial charge in [0, 0.05) is 6.54 Å². The fourth-order valence-corrected chi connectivity index (χ4v) is 2.93. The molecule has 1 saturated heterocycles. The number of aliphatic imine (C=N–C) groups is 1. The van der Waals surface area contributed by atoms with Crippen molar-refractivity contribution in [2.45, 2.75) is 29.8 Å². The molecule has 5 nitrogen and oxygen atoms in total. The zero-order chi connectivity index (χ0) is 12.4. The fourth-order valence-electron chi connectivity index (χ4n) is 1.80. The average molecular weight is 262 g/mol. The number of ether oxygens (including phenoxy) is 1. The first-order valence-electron chi connectivity index (χ1n) is 5.34. The van der Waals surface area contributed by atoms with Crippen molar-refractivity contribution in [1.82, 2.24) is 5.32 Å². The van der Waals surface area contributed by atoms with E-state index in [1.54, 1.807) is 6.08 Å². The van der Waals surface area contributed by atoms with Gasteiger partial charge in [0.2, 0.25) is 0 Å². The number of aliphatic hydroxyl groups excluding tert-OH is 2. The van der Waals surface area contributed by atoms with E-state index in [0.717, 1.165) is 0 Å². The van der Waals surface area contributed by atoms with Crippen molar-refractivity contribution in [2.75, 3.05) is 13.2 Å². The highest BCUT2D eigenvalue weighted by atomic mass is 32.2. The van der Waals surface area contributed by atoms with E-state index in [-0.39, 0.29) is 0 Å². The average Bonchev–Trinajstić information content (AvgIpc) is 2.74. The second-order valence-corrected chi connectivity index (χ2v) is 4.98. The molecule has 17 heavy (non-hydrogen) atoms. The number of thioether (sulfide) groups is 1. The van der Waals surface area contributed by atoms with Crippen LogP contribution in [0, 0.1) is 0 Å². The molecule has 0 radical (unpaired) electrons. The molecule has 0 saturated carbocycles. The molecule has 0 aromatic carbocycles. The second kappa shape index (κ2) is 5.34. The quantitative estimate of drug-likeness (QED) is 0.606. The fraction of sp³-hybridized carbons (Fsp3) is 0.700. The highest BCUT2D eigenvalue weighted by Gasteiger charge is 2.48. The van der Waals surface area contributed by atoms with E-state index in [9.17, 15) is 14.6 Å². The Balaban J connectivity index is 2.04. The molecule has 1 fully saturated rings. The van der Waals surface area contributed by atoms with Gasteiger partial charge in [-0.25, -0.2) is 4.39 Å². The molecule has 0 unspecified atom stereocenters. The molecule has 2 aliphatic rings. The van der Waals surface area contributed by atoms with Crippen LogP contribution in [0.25, 0.3) is 0 Å². The predicted molar refractivity (Wildman–Crippen MR) is 63.7 cm³/mol. The molecule has 2 aliphatic heterocycles. The lowest BCUT2D eigenvalue weighted by Crippen LogP contribution is -2.55. The van der Waals surface area contributed by atoms with Crippen LogP contribution in [-0.4, -0.2) is 58.4 Å². The van der Waals surface area contributed by atoms with Crippen molar-refractivity contribution >= 4 is 16.9 Å². The van der Waals surface area contributed by atoms with Crippen molar-refractivity contribution in [3.63, 3.8) is 0 Å². The van der Waals surface area contributed by atoms with E-state index in [2.05, 4.69) is 16.9 Å². The number of rotatable bonds is 3. The van der Waals surface area contributed by atoms with E-state index in [4.69, 9.17) is 4.74 Å². The Morgan fingerprint density at radius 2 is 2.29 bits per heavy atom. The molecule has 7 heteroatoms. The lowest BCUT2D eigenvalue weighted by molar-refractivity contribution is -0.157. The normalized spacial score (nSPS) is 40.6. The third kappa shape index (κ3) is 2.47. The number of amidine groups is 1. The smallest absolute Gasteiger partial charge is 0.159 e. The van der Waals surface area contributed by atoms with Crippen LogP contribution in [0.1, 0.15) is 0 Å². The van der Waals surface area contributed by atoms with Gasteiger partial charge in [-0.05, 0) is 0 Å². The van der Waals surface area contributed by atoms with Crippen molar-refractivity contribution in [1.29, 1.82) is 0 Å². The first kappa shape index (κ1) is 12.8. The van der Waals surface area contributed by atoms with Gasteiger partial charge in [-0.3, -0.25) is 4.99 Å². The molecule has 2 rings (SSSR count). The maximum Gasteiger partial charge on any atom is 0.159 e. The molecular weight excluding hydrogens is 247 g/mol. The lowest BCUT2D eigenvalue weighted by Gasteiger charge is -2.36. The van der Waals surface area contributed by atoms with Crippen LogP contribution in [0.2, 0.25) is 0 Å². The molecule has 2 heterocycles. The van der Waals surface area contributed by atoms with Crippen LogP contribution in [0.15, 0.2) is 17.6 Å². The number of alkyl halides is 1. The Labute approximate surface area is 103 Å². The van der Waals surface area contributed by atoms with Gasteiger partial charge in [-0.15, -0.1) is 6.58 Å². The summed E-state index contributed by atoms with van der Waals surface area (Å²) in [5.41, 5.74) is -0.443. The summed E-state index contributed by atoms with van der Waals surface area (Å²) < 4.78 is 17.9. The monoisotopic (exact) mass is 262 g/mol. The summed E-state index contributed by atoms with van der Waals surface area (Å²) in [4.78, 5) is 4.21. The standard InChI is InChI=1S/C10H15FN2O3S/c1-2-3-12-10-13-6-8(15)7(14)5(4-11)16-9(6)17-10/h2,5-9,14-15H,1,3-4H2,(H,12,13)/t5-,6-,7-,8-,9-/m1/s1. The number of halogens is 1. The highest BCUT2D eigenvalue weighted by Crippen LogP contribution is 2.35. The van der Waals surface area contributed by atoms with E-state index in [1.807, 2.05) is 0 Å². The maximum absolute atomic E-state index is 12.6. The number of nitrogens with one attached hydrogen (secondary N) is 1. The first-order chi connectivity index (χ1) is 8.17. The number of nitrogens with zero attached hydrogens (tertiary/aromatic N) is 1. The largest absolute Gasteiger partial charge is 0.388 e. The SMILES string of the molecule is C=CCNC1=N[C@@H]2[C@@H](O)[C@H](O)[C@@H](CF)O[C@@H]2S1. The predicted octanol–water partition coefficient (Wildman–Crippen LogP) is -0.350. The zero-order valence-electron chi connectivity index (χ0n) is 9.12. The number of aliphatic hydroxyl groups is 2. The number of hydrogen-bond acceptors (Lipinski definition) is 6. The molecular formula is C10H15FN2O3S. The Morgan fingerprint density at radius 3 is 2.94 bits per heavy atom. The molecule has 0 spiro atoms. The van der Waals surface area contributed by atoms with Crippen LogP contribution >= 0.6 is 11.8 Å². The summed E-state index contributed by atoms with van der Waals surface area (Å²) in [6, 6.07) is -0.551. The van der Waals surface area contributed by atoms with E-state index < -0.39 is 36.5 Å².